The number of ether oxygens (including phenoxy) is 1. The first kappa shape index (κ1) is 10.1. The summed E-state index contributed by atoms with van der Waals surface area (Å²) in [6.45, 7) is 0. The summed E-state index contributed by atoms with van der Waals surface area (Å²) in [5.41, 5.74) is 6.00. The molecule has 2 N–H and O–H groups in total. The lowest BCUT2D eigenvalue weighted by Gasteiger charge is -1.98. The van der Waals surface area contributed by atoms with E-state index in [4.69, 9.17) is 17.3 Å². The Kier molecular flexibility index (Phi) is 2.45. The molecule has 0 aliphatic carbocycles. The number of aromatic nitrogens is 2. The van der Waals surface area contributed by atoms with Gasteiger partial charge in [-0.15, -0.1) is 0 Å². The molecule has 0 fully saturated rings. The Morgan fingerprint density at radius 3 is 3.00 bits per heavy atom. The maximum absolute atomic E-state index is 11.2. The van der Waals surface area contributed by atoms with Crippen LogP contribution in [-0.4, -0.2) is 23.0 Å². The molecule has 0 saturated heterocycles. The number of rotatable bonds is 1. The average molecular weight is 244 g/mol. The topological polar surface area (TPSA) is 78.1 Å². The van der Waals surface area contributed by atoms with E-state index in [1.54, 1.807) is 0 Å². The summed E-state index contributed by atoms with van der Waals surface area (Å²) in [6, 6.07) is 1.44. The molecule has 2 aromatic rings. The van der Waals surface area contributed by atoms with Crippen molar-refractivity contribution in [1.82, 2.24) is 9.97 Å². The Morgan fingerprint density at radius 2 is 2.33 bits per heavy atom. The first-order chi connectivity index (χ1) is 7.11. The van der Waals surface area contributed by atoms with Gasteiger partial charge in [-0.05, 0) is 6.07 Å². The molecule has 0 unspecified atom stereocenters. The monoisotopic (exact) mass is 243 g/mol. The Bertz CT molecular complexity index is 540. The third-order valence-electron chi connectivity index (χ3n) is 1.73. The van der Waals surface area contributed by atoms with E-state index in [0.29, 0.717) is 20.5 Å². The fourth-order valence-electron chi connectivity index (χ4n) is 1.10. The summed E-state index contributed by atoms with van der Waals surface area (Å²) in [4.78, 5) is 19.1. The molecule has 2 aromatic heterocycles. The van der Waals surface area contributed by atoms with Crippen LogP contribution in [0.3, 0.4) is 0 Å². The van der Waals surface area contributed by atoms with E-state index >= 15 is 0 Å². The van der Waals surface area contributed by atoms with E-state index in [9.17, 15) is 4.79 Å². The van der Waals surface area contributed by atoms with E-state index < -0.39 is 5.97 Å². The zero-order chi connectivity index (χ0) is 11.0. The highest BCUT2D eigenvalue weighted by atomic mass is 35.5. The van der Waals surface area contributed by atoms with Crippen molar-refractivity contribution in [3.05, 3.63) is 16.8 Å². The zero-order valence-corrected chi connectivity index (χ0v) is 9.22. The van der Waals surface area contributed by atoms with Gasteiger partial charge >= 0.3 is 5.97 Å². The van der Waals surface area contributed by atoms with Crippen LogP contribution in [-0.2, 0) is 4.74 Å². The molecule has 5 nitrogen and oxygen atoms in total. The largest absolute Gasteiger partial charge is 0.464 e. The fourth-order valence-corrected chi connectivity index (χ4v) is 2.08. The summed E-state index contributed by atoms with van der Waals surface area (Å²) >= 11 is 7.17. The number of anilines is 1. The number of halogens is 1. The number of thiazole rings is 1. The van der Waals surface area contributed by atoms with Gasteiger partial charge < -0.3 is 10.5 Å². The van der Waals surface area contributed by atoms with Crippen LogP contribution in [0.15, 0.2) is 6.07 Å². The number of nitrogens with zero attached hydrogens (tertiary/aromatic N) is 2. The highest BCUT2D eigenvalue weighted by molar-refractivity contribution is 7.22. The van der Waals surface area contributed by atoms with Crippen LogP contribution < -0.4 is 5.73 Å². The molecular weight excluding hydrogens is 238 g/mol. The lowest BCUT2D eigenvalue weighted by atomic mass is 10.3. The van der Waals surface area contributed by atoms with Crippen LogP contribution in [0.2, 0.25) is 5.02 Å². The van der Waals surface area contributed by atoms with Crippen LogP contribution in [0.4, 0.5) is 5.13 Å². The second-order valence-electron chi connectivity index (χ2n) is 2.69. The molecule has 0 atom stereocenters. The second-order valence-corrected chi connectivity index (χ2v) is 4.12. The van der Waals surface area contributed by atoms with Gasteiger partial charge in [0.25, 0.3) is 0 Å². The quantitative estimate of drug-likeness (QED) is 0.772. The number of nitrogen functional groups attached to an aromatic ring is 1. The van der Waals surface area contributed by atoms with Gasteiger partial charge in [-0.1, -0.05) is 22.9 Å². The Labute approximate surface area is 93.8 Å². The molecule has 0 aliphatic rings. The second kappa shape index (κ2) is 3.63. The first-order valence-electron chi connectivity index (χ1n) is 3.92. The van der Waals surface area contributed by atoms with E-state index in [-0.39, 0.29) is 5.69 Å². The number of fused-ring (bicyclic) bond motifs is 1. The number of nitrogens with two attached hydrogens (primary N) is 1. The molecule has 0 amide bonds. The third-order valence-corrected chi connectivity index (χ3v) is 3.04. The van der Waals surface area contributed by atoms with Crippen molar-refractivity contribution in [3.8, 4) is 0 Å². The van der Waals surface area contributed by atoms with Gasteiger partial charge in [0.2, 0.25) is 0 Å². The molecule has 78 valence electrons. The van der Waals surface area contributed by atoms with E-state index in [2.05, 4.69) is 14.7 Å². The molecular formula is C8H6ClN3O2S. The number of carbonyl (C=O) groups excluding carboxylic acids is 1. The highest BCUT2D eigenvalue weighted by Gasteiger charge is 2.14. The molecule has 0 spiro atoms. The van der Waals surface area contributed by atoms with Gasteiger partial charge in [0.1, 0.15) is 0 Å². The summed E-state index contributed by atoms with van der Waals surface area (Å²) in [7, 11) is 1.28. The van der Waals surface area contributed by atoms with E-state index in [1.165, 1.54) is 24.5 Å². The molecule has 15 heavy (non-hydrogen) atoms. The molecule has 0 radical (unpaired) electrons. The lowest BCUT2D eigenvalue weighted by Crippen LogP contribution is -2.04. The molecule has 0 aromatic carbocycles. The zero-order valence-electron chi connectivity index (χ0n) is 7.65. The molecule has 0 saturated carbocycles. The van der Waals surface area contributed by atoms with Gasteiger partial charge in [0.05, 0.1) is 16.8 Å². The molecule has 0 bridgehead atoms. The number of pyridine rings is 1. The molecule has 2 rings (SSSR count). The van der Waals surface area contributed by atoms with Gasteiger partial charge in [-0.25, -0.2) is 14.8 Å². The van der Waals surface area contributed by atoms with E-state index in [1.807, 2.05) is 0 Å². The summed E-state index contributed by atoms with van der Waals surface area (Å²) < 4.78 is 5.20. The van der Waals surface area contributed by atoms with Crippen molar-refractivity contribution < 1.29 is 9.53 Å². The number of hydrogen-bond acceptors (Lipinski definition) is 6. The van der Waals surface area contributed by atoms with Crippen molar-refractivity contribution in [2.24, 2.45) is 0 Å². The summed E-state index contributed by atoms with van der Waals surface area (Å²) in [6.07, 6.45) is 0. The smallest absolute Gasteiger partial charge is 0.356 e. The minimum atomic E-state index is -0.551. The summed E-state index contributed by atoms with van der Waals surface area (Å²) in [5, 5.41) is 0.760. The van der Waals surface area contributed by atoms with Crippen molar-refractivity contribution in [1.29, 1.82) is 0 Å². The normalized spacial score (nSPS) is 10.5. The van der Waals surface area contributed by atoms with Crippen LogP contribution >= 0.6 is 22.9 Å². The summed E-state index contributed by atoms with van der Waals surface area (Å²) in [5.74, 6) is -0.551. The fraction of sp³-hybridized carbons (Fsp3) is 0.125. The number of hydrogen-bond donors (Lipinski definition) is 1. The minimum Gasteiger partial charge on any atom is -0.464 e. The highest BCUT2D eigenvalue weighted by Crippen LogP contribution is 2.29. The van der Waals surface area contributed by atoms with Crippen molar-refractivity contribution in [3.63, 3.8) is 0 Å². The Hall–Kier alpha value is -1.40. The number of esters is 1. The predicted octanol–water partition coefficient (Wildman–Crippen LogP) is 1.71. The third kappa shape index (κ3) is 1.73. The average Bonchev–Trinajstić information content (AvgIpc) is 2.58. The van der Waals surface area contributed by atoms with Crippen LogP contribution in [0.5, 0.6) is 0 Å². The lowest BCUT2D eigenvalue weighted by molar-refractivity contribution is 0.0594. The van der Waals surface area contributed by atoms with Crippen LogP contribution in [0, 0.1) is 0 Å². The van der Waals surface area contributed by atoms with Gasteiger partial charge in [0.15, 0.2) is 16.5 Å². The minimum absolute atomic E-state index is 0.125. The molecule has 7 heteroatoms. The van der Waals surface area contributed by atoms with Gasteiger partial charge in [-0.3, -0.25) is 0 Å². The van der Waals surface area contributed by atoms with Crippen LogP contribution in [0.1, 0.15) is 10.5 Å². The Morgan fingerprint density at radius 1 is 1.60 bits per heavy atom. The van der Waals surface area contributed by atoms with Crippen LogP contribution in [0.25, 0.3) is 10.3 Å². The van der Waals surface area contributed by atoms with E-state index in [0.717, 1.165) is 0 Å². The standard InChI is InChI=1S/C8H6ClN3O2S/c1-14-7(13)4-2-3(9)5-6(11-4)12-8(10)15-5/h2H,1H3,(H2,10,11,12). The van der Waals surface area contributed by atoms with Gasteiger partial charge in [-0.2, -0.15) is 0 Å². The maximum Gasteiger partial charge on any atom is 0.356 e. The van der Waals surface area contributed by atoms with Crippen molar-refractivity contribution in [2.75, 3.05) is 12.8 Å². The maximum atomic E-state index is 11.2. The number of carbonyl (C=O) groups is 1. The molecule has 2 heterocycles. The first-order valence-corrected chi connectivity index (χ1v) is 5.12. The molecule has 0 aliphatic heterocycles. The Balaban J connectivity index is 2.66. The van der Waals surface area contributed by atoms with Crippen molar-refractivity contribution >= 4 is 44.4 Å². The SMILES string of the molecule is COC(=O)c1cc(Cl)c2sc(N)nc2n1. The van der Waals surface area contributed by atoms with Gasteiger partial charge in [0, 0.05) is 0 Å². The van der Waals surface area contributed by atoms with Crippen molar-refractivity contribution in [2.45, 2.75) is 0 Å². The number of methoxy groups -OCH3 is 1. The predicted molar refractivity (Wildman–Crippen MR) is 58.2 cm³/mol.